The van der Waals surface area contributed by atoms with Crippen LogP contribution in [0.2, 0.25) is 0 Å². The van der Waals surface area contributed by atoms with Gasteiger partial charge in [0.05, 0.1) is 13.7 Å². The Morgan fingerprint density at radius 3 is 2.45 bits per heavy atom. The number of hydrogen-bond acceptors (Lipinski definition) is 4. The highest BCUT2D eigenvalue weighted by Crippen LogP contribution is 2.34. The lowest BCUT2D eigenvalue weighted by Gasteiger charge is -2.30. The summed E-state index contributed by atoms with van der Waals surface area (Å²) in [6, 6.07) is 6.14. The smallest absolute Gasteiger partial charge is 0.161 e. The third-order valence-electron chi connectivity index (χ3n) is 3.37. The lowest BCUT2D eigenvalue weighted by Crippen LogP contribution is -2.27. The maximum Gasteiger partial charge on any atom is 0.161 e. The van der Waals surface area contributed by atoms with Gasteiger partial charge in [-0.25, -0.2) is 0 Å². The molecule has 4 heteroatoms. The van der Waals surface area contributed by atoms with E-state index in [1.807, 2.05) is 39.2 Å². The number of hydrogen-bond donors (Lipinski definition) is 1. The minimum absolute atomic E-state index is 0.147. The summed E-state index contributed by atoms with van der Waals surface area (Å²) in [6.07, 6.45) is 0.965. The summed E-state index contributed by atoms with van der Waals surface area (Å²) < 4.78 is 11.1. The minimum atomic E-state index is 0.147. The normalized spacial score (nSPS) is 14.2. The molecule has 4 nitrogen and oxygen atoms in total. The van der Waals surface area contributed by atoms with Crippen LogP contribution in [0.1, 0.15) is 31.9 Å². The molecule has 0 radical (unpaired) electrons. The van der Waals surface area contributed by atoms with E-state index in [-0.39, 0.29) is 18.6 Å². The van der Waals surface area contributed by atoms with Gasteiger partial charge in [-0.1, -0.05) is 19.9 Å². The summed E-state index contributed by atoms with van der Waals surface area (Å²) in [4.78, 5) is 2.11. The largest absolute Gasteiger partial charge is 0.493 e. The average Bonchev–Trinajstić information content (AvgIpc) is 2.45. The molecule has 114 valence electrons. The van der Waals surface area contributed by atoms with Crippen LogP contribution in [0, 0.1) is 5.92 Å². The molecule has 0 bridgehead atoms. The monoisotopic (exact) mass is 281 g/mol. The van der Waals surface area contributed by atoms with Crippen molar-refractivity contribution in [1.29, 1.82) is 0 Å². The molecule has 0 aromatic heterocycles. The van der Waals surface area contributed by atoms with Gasteiger partial charge in [0.2, 0.25) is 0 Å². The maximum atomic E-state index is 9.43. The van der Waals surface area contributed by atoms with E-state index in [1.165, 1.54) is 0 Å². The first kappa shape index (κ1) is 16.8. The van der Waals surface area contributed by atoms with Gasteiger partial charge < -0.3 is 19.5 Å². The molecular formula is C16H27NO3. The Balaban J connectivity index is 3.05. The highest BCUT2D eigenvalue weighted by Gasteiger charge is 2.22. The fourth-order valence-corrected chi connectivity index (χ4v) is 2.43. The topological polar surface area (TPSA) is 41.9 Å². The van der Waals surface area contributed by atoms with Crippen LogP contribution in [0.15, 0.2) is 18.2 Å². The van der Waals surface area contributed by atoms with E-state index in [2.05, 4.69) is 11.8 Å². The number of methoxy groups -OCH3 is 1. The zero-order valence-electron chi connectivity index (χ0n) is 13.2. The van der Waals surface area contributed by atoms with Gasteiger partial charge in [0.25, 0.3) is 0 Å². The molecule has 2 atom stereocenters. The third-order valence-corrected chi connectivity index (χ3v) is 3.37. The Kier molecular flexibility index (Phi) is 6.82. The molecule has 20 heavy (non-hydrogen) atoms. The van der Waals surface area contributed by atoms with Crippen molar-refractivity contribution in [2.24, 2.45) is 5.92 Å². The standard InChI is InChI=1S/C16H27NO3/c1-6-9-20-14-8-7-13(10-15(14)19-5)16(17(3)4)12(2)11-18/h7-8,10,12,16,18H,6,9,11H2,1-5H3. The maximum absolute atomic E-state index is 9.43. The van der Waals surface area contributed by atoms with Crippen molar-refractivity contribution in [3.63, 3.8) is 0 Å². The van der Waals surface area contributed by atoms with E-state index >= 15 is 0 Å². The molecule has 1 aromatic rings. The van der Waals surface area contributed by atoms with Crippen LogP contribution < -0.4 is 9.47 Å². The van der Waals surface area contributed by atoms with Crippen LogP contribution in [0.3, 0.4) is 0 Å². The van der Waals surface area contributed by atoms with Crippen molar-refractivity contribution < 1.29 is 14.6 Å². The van der Waals surface area contributed by atoms with E-state index in [1.54, 1.807) is 7.11 Å². The number of ether oxygens (including phenoxy) is 2. The number of aliphatic hydroxyl groups is 1. The Morgan fingerprint density at radius 1 is 1.25 bits per heavy atom. The first-order chi connectivity index (χ1) is 9.54. The van der Waals surface area contributed by atoms with Gasteiger partial charge in [-0.05, 0) is 44.1 Å². The molecule has 0 saturated carbocycles. The second kappa shape index (κ2) is 8.12. The van der Waals surface area contributed by atoms with Gasteiger partial charge >= 0.3 is 0 Å². The Hall–Kier alpha value is -1.26. The quantitative estimate of drug-likeness (QED) is 0.795. The molecule has 1 N–H and O–H groups in total. The summed E-state index contributed by atoms with van der Waals surface area (Å²) in [5.41, 5.74) is 1.12. The van der Waals surface area contributed by atoms with Crippen molar-refractivity contribution in [2.75, 3.05) is 34.4 Å². The van der Waals surface area contributed by atoms with E-state index in [9.17, 15) is 5.11 Å². The Morgan fingerprint density at radius 2 is 1.95 bits per heavy atom. The predicted molar refractivity (Wildman–Crippen MR) is 81.5 cm³/mol. The second-order valence-corrected chi connectivity index (χ2v) is 5.33. The van der Waals surface area contributed by atoms with Gasteiger partial charge in [0.15, 0.2) is 11.5 Å². The van der Waals surface area contributed by atoms with Crippen molar-refractivity contribution in [3.8, 4) is 11.5 Å². The van der Waals surface area contributed by atoms with Crippen molar-refractivity contribution >= 4 is 0 Å². The molecule has 0 amide bonds. The summed E-state index contributed by atoms with van der Waals surface area (Å²) in [7, 11) is 5.69. The summed E-state index contributed by atoms with van der Waals surface area (Å²) in [5.74, 6) is 1.66. The zero-order chi connectivity index (χ0) is 15.1. The highest BCUT2D eigenvalue weighted by atomic mass is 16.5. The molecule has 0 aliphatic heterocycles. The van der Waals surface area contributed by atoms with Crippen LogP contribution in [0.25, 0.3) is 0 Å². The molecule has 1 aromatic carbocycles. The summed E-state index contributed by atoms with van der Waals surface area (Å²) >= 11 is 0. The van der Waals surface area contributed by atoms with Crippen LogP contribution in [0.5, 0.6) is 11.5 Å². The number of aliphatic hydroxyl groups excluding tert-OH is 1. The molecular weight excluding hydrogens is 254 g/mol. The summed E-state index contributed by atoms with van der Waals surface area (Å²) in [6.45, 7) is 4.95. The second-order valence-electron chi connectivity index (χ2n) is 5.33. The lowest BCUT2D eigenvalue weighted by atomic mass is 9.94. The van der Waals surface area contributed by atoms with Crippen LogP contribution in [-0.2, 0) is 0 Å². The molecule has 2 unspecified atom stereocenters. The number of rotatable bonds is 8. The van der Waals surface area contributed by atoms with Crippen LogP contribution in [-0.4, -0.2) is 44.4 Å². The van der Waals surface area contributed by atoms with Crippen LogP contribution in [0.4, 0.5) is 0 Å². The predicted octanol–water partition coefficient (Wildman–Crippen LogP) is 2.72. The SMILES string of the molecule is CCCOc1ccc(C(C(C)CO)N(C)C)cc1OC. The van der Waals surface area contributed by atoms with Gasteiger partial charge in [0.1, 0.15) is 0 Å². The molecule has 0 spiro atoms. The highest BCUT2D eigenvalue weighted by molar-refractivity contribution is 5.44. The molecule has 1 rings (SSSR count). The minimum Gasteiger partial charge on any atom is -0.493 e. The molecule has 0 saturated heterocycles. The van der Waals surface area contributed by atoms with Gasteiger partial charge in [-0.2, -0.15) is 0 Å². The van der Waals surface area contributed by atoms with Crippen molar-refractivity contribution in [2.45, 2.75) is 26.3 Å². The molecule has 0 heterocycles. The molecule has 0 fully saturated rings. The van der Waals surface area contributed by atoms with Crippen molar-refractivity contribution in [1.82, 2.24) is 4.90 Å². The van der Waals surface area contributed by atoms with Crippen molar-refractivity contribution in [3.05, 3.63) is 23.8 Å². The molecule has 0 aliphatic rings. The van der Waals surface area contributed by atoms with Crippen LogP contribution >= 0.6 is 0 Å². The zero-order valence-corrected chi connectivity index (χ0v) is 13.2. The van der Waals surface area contributed by atoms with Gasteiger partial charge in [-0.15, -0.1) is 0 Å². The average molecular weight is 281 g/mol. The first-order valence-corrected chi connectivity index (χ1v) is 7.13. The van der Waals surface area contributed by atoms with E-state index in [0.717, 1.165) is 23.5 Å². The fraction of sp³-hybridized carbons (Fsp3) is 0.625. The van der Waals surface area contributed by atoms with Gasteiger partial charge in [0, 0.05) is 12.6 Å². The lowest BCUT2D eigenvalue weighted by molar-refractivity contribution is 0.145. The van der Waals surface area contributed by atoms with E-state index in [4.69, 9.17) is 9.47 Å². The molecule has 0 aliphatic carbocycles. The number of benzene rings is 1. The van der Waals surface area contributed by atoms with E-state index in [0.29, 0.717) is 6.61 Å². The van der Waals surface area contributed by atoms with E-state index < -0.39 is 0 Å². The summed E-state index contributed by atoms with van der Waals surface area (Å²) in [5, 5.41) is 9.43. The first-order valence-electron chi connectivity index (χ1n) is 7.13. The van der Waals surface area contributed by atoms with Gasteiger partial charge in [-0.3, -0.25) is 0 Å². The third kappa shape index (κ3) is 4.12. The fourth-order valence-electron chi connectivity index (χ4n) is 2.43. The Labute approximate surface area is 122 Å². The number of nitrogens with zero attached hydrogens (tertiary/aromatic N) is 1. The Bertz CT molecular complexity index is 407.